The van der Waals surface area contributed by atoms with Crippen molar-refractivity contribution in [1.82, 2.24) is 0 Å². The maximum Gasteiger partial charge on any atom is 0.0277 e. The summed E-state index contributed by atoms with van der Waals surface area (Å²) in [5, 5.41) is 0. The van der Waals surface area contributed by atoms with E-state index in [0.29, 0.717) is 0 Å². The lowest BCUT2D eigenvalue weighted by molar-refractivity contribution is 0.828. The molecule has 0 saturated carbocycles. The molecule has 0 spiro atoms. The van der Waals surface area contributed by atoms with Crippen LogP contribution in [-0.2, 0) is 0 Å². The van der Waals surface area contributed by atoms with Gasteiger partial charge in [0, 0.05) is 12.0 Å². The summed E-state index contributed by atoms with van der Waals surface area (Å²) in [7, 11) is 0. The van der Waals surface area contributed by atoms with E-state index in [1.807, 2.05) is 0 Å². The van der Waals surface area contributed by atoms with E-state index in [9.17, 15) is 0 Å². The zero-order valence-electron chi connectivity index (χ0n) is 9.35. The molecular formula is C14H18. The van der Waals surface area contributed by atoms with Crippen LogP contribution in [0, 0.1) is 25.7 Å². The Kier molecular flexibility index (Phi) is 4.26. The summed E-state index contributed by atoms with van der Waals surface area (Å²) in [6, 6.07) is 6.43. The van der Waals surface area contributed by atoms with Crippen LogP contribution in [0.1, 0.15) is 42.9 Å². The van der Waals surface area contributed by atoms with Crippen molar-refractivity contribution in [3.8, 4) is 11.8 Å². The van der Waals surface area contributed by atoms with Gasteiger partial charge >= 0.3 is 0 Å². The van der Waals surface area contributed by atoms with Gasteiger partial charge in [0.1, 0.15) is 0 Å². The summed E-state index contributed by atoms with van der Waals surface area (Å²) in [5.74, 6) is 6.46. The molecule has 0 aliphatic carbocycles. The molecule has 0 heteroatoms. The third-order valence-corrected chi connectivity index (χ3v) is 2.27. The van der Waals surface area contributed by atoms with Crippen molar-refractivity contribution in [3.05, 3.63) is 34.9 Å². The predicted octanol–water partition coefficient (Wildman–Crippen LogP) is 3.85. The van der Waals surface area contributed by atoms with E-state index in [2.05, 4.69) is 50.8 Å². The number of hydrogen-bond donors (Lipinski definition) is 0. The van der Waals surface area contributed by atoms with Gasteiger partial charge in [-0.25, -0.2) is 0 Å². The summed E-state index contributed by atoms with van der Waals surface area (Å²) in [5.41, 5.74) is 3.75. The van der Waals surface area contributed by atoms with Gasteiger partial charge in [-0.1, -0.05) is 37.3 Å². The van der Waals surface area contributed by atoms with Gasteiger partial charge in [0.2, 0.25) is 0 Å². The molecule has 0 fully saturated rings. The van der Waals surface area contributed by atoms with Gasteiger partial charge in [0.05, 0.1) is 0 Å². The summed E-state index contributed by atoms with van der Waals surface area (Å²) < 4.78 is 0. The average molecular weight is 186 g/mol. The first kappa shape index (κ1) is 10.9. The Morgan fingerprint density at radius 2 is 2.00 bits per heavy atom. The smallest absolute Gasteiger partial charge is 0.0277 e. The number of unbranched alkanes of at least 4 members (excludes halogenated alkanes) is 2. The fraction of sp³-hybridized carbons (Fsp3) is 0.429. The number of benzene rings is 1. The highest BCUT2D eigenvalue weighted by Gasteiger charge is 1.93. The molecular weight excluding hydrogens is 168 g/mol. The zero-order valence-corrected chi connectivity index (χ0v) is 9.35. The Morgan fingerprint density at radius 1 is 1.21 bits per heavy atom. The van der Waals surface area contributed by atoms with Crippen LogP contribution in [0.4, 0.5) is 0 Å². The second-order valence-corrected chi connectivity index (χ2v) is 3.72. The van der Waals surface area contributed by atoms with Crippen molar-refractivity contribution in [2.24, 2.45) is 0 Å². The van der Waals surface area contributed by atoms with Crippen molar-refractivity contribution >= 4 is 0 Å². The van der Waals surface area contributed by atoms with E-state index < -0.39 is 0 Å². The predicted molar refractivity (Wildman–Crippen MR) is 62.3 cm³/mol. The molecule has 0 aliphatic heterocycles. The number of hydrogen-bond acceptors (Lipinski definition) is 0. The first-order valence-corrected chi connectivity index (χ1v) is 5.30. The van der Waals surface area contributed by atoms with Crippen LogP contribution in [0.3, 0.4) is 0 Å². The summed E-state index contributed by atoms with van der Waals surface area (Å²) in [6.45, 7) is 6.42. The minimum Gasteiger partial charge on any atom is -0.0979 e. The summed E-state index contributed by atoms with van der Waals surface area (Å²) in [4.78, 5) is 0. The zero-order chi connectivity index (χ0) is 10.4. The maximum atomic E-state index is 3.24. The molecule has 74 valence electrons. The Balaban J connectivity index is 2.73. The largest absolute Gasteiger partial charge is 0.0979 e. The fourth-order valence-corrected chi connectivity index (χ4v) is 1.29. The molecule has 0 amide bonds. The Labute approximate surface area is 87.4 Å². The van der Waals surface area contributed by atoms with Crippen molar-refractivity contribution < 1.29 is 0 Å². The molecule has 0 heterocycles. The lowest BCUT2D eigenvalue weighted by Crippen LogP contribution is -1.83. The van der Waals surface area contributed by atoms with Crippen LogP contribution in [0.5, 0.6) is 0 Å². The van der Waals surface area contributed by atoms with Crippen LogP contribution in [0.25, 0.3) is 0 Å². The Hall–Kier alpha value is -1.22. The normalized spacial score (nSPS) is 9.36. The van der Waals surface area contributed by atoms with Crippen LogP contribution >= 0.6 is 0 Å². The molecule has 0 atom stereocenters. The molecule has 1 aromatic carbocycles. The van der Waals surface area contributed by atoms with Gasteiger partial charge in [-0.05, 0) is 37.5 Å². The van der Waals surface area contributed by atoms with E-state index in [4.69, 9.17) is 0 Å². The third kappa shape index (κ3) is 3.26. The molecule has 0 N–H and O–H groups in total. The minimum absolute atomic E-state index is 1.02. The number of rotatable bonds is 2. The van der Waals surface area contributed by atoms with Crippen molar-refractivity contribution in [2.45, 2.75) is 40.0 Å². The molecule has 0 unspecified atom stereocenters. The van der Waals surface area contributed by atoms with E-state index in [1.54, 1.807) is 0 Å². The SMILES string of the molecule is CCCCC#Cc1cc(C)ccc1C. The lowest BCUT2D eigenvalue weighted by atomic mass is 10.1. The molecule has 14 heavy (non-hydrogen) atoms. The van der Waals surface area contributed by atoms with Crippen molar-refractivity contribution in [1.29, 1.82) is 0 Å². The van der Waals surface area contributed by atoms with Crippen LogP contribution in [0.2, 0.25) is 0 Å². The van der Waals surface area contributed by atoms with E-state index >= 15 is 0 Å². The van der Waals surface area contributed by atoms with Gasteiger partial charge < -0.3 is 0 Å². The topological polar surface area (TPSA) is 0 Å². The van der Waals surface area contributed by atoms with Crippen LogP contribution in [-0.4, -0.2) is 0 Å². The Morgan fingerprint density at radius 3 is 2.71 bits per heavy atom. The molecule has 0 bridgehead atoms. The molecule has 0 aliphatic rings. The number of aryl methyl sites for hydroxylation is 2. The highest BCUT2D eigenvalue weighted by atomic mass is 14.0. The van der Waals surface area contributed by atoms with Gasteiger partial charge in [0.15, 0.2) is 0 Å². The maximum absolute atomic E-state index is 3.24. The van der Waals surface area contributed by atoms with E-state index in [0.717, 1.165) is 6.42 Å². The molecule has 0 radical (unpaired) electrons. The van der Waals surface area contributed by atoms with Crippen molar-refractivity contribution in [2.75, 3.05) is 0 Å². The minimum atomic E-state index is 1.02. The second-order valence-electron chi connectivity index (χ2n) is 3.72. The first-order chi connectivity index (χ1) is 6.74. The van der Waals surface area contributed by atoms with E-state index in [1.165, 1.54) is 29.5 Å². The van der Waals surface area contributed by atoms with Crippen LogP contribution < -0.4 is 0 Å². The fourth-order valence-electron chi connectivity index (χ4n) is 1.29. The Bertz CT molecular complexity index is 350. The third-order valence-electron chi connectivity index (χ3n) is 2.27. The highest BCUT2D eigenvalue weighted by molar-refractivity contribution is 5.42. The molecule has 0 aromatic heterocycles. The van der Waals surface area contributed by atoms with Crippen LogP contribution in [0.15, 0.2) is 18.2 Å². The lowest BCUT2D eigenvalue weighted by Gasteiger charge is -1.98. The molecule has 1 rings (SSSR count). The van der Waals surface area contributed by atoms with E-state index in [-0.39, 0.29) is 0 Å². The van der Waals surface area contributed by atoms with Gasteiger partial charge in [-0.2, -0.15) is 0 Å². The van der Waals surface area contributed by atoms with Gasteiger partial charge in [0.25, 0.3) is 0 Å². The molecule has 1 aromatic rings. The highest BCUT2D eigenvalue weighted by Crippen LogP contribution is 2.09. The summed E-state index contributed by atoms with van der Waals surface area (Å²) in [6.07, 6.45) is 3.45. The van der Waals surface area contributed by atoms with Gasteiger partial charge in [-0.3, -0.25) is 0 Å². The monoisotopic (exact) mass is 186 g/mol. The second kappa shape index (κ2) is 5.50. The average Bonchev–Trinajstić information content (AvgIpc) is 2.18. The van der Waals surface area contributed by atoms with Gasteiger partial charge in [-0.15, -0.1) is 0 Å². The molecule has 0 nitrogen and oxygen atoms in total. The standard InChI is InChI=1S/C14H18/c1-4-5-6-7-8-14-11-12(2)9-10-13(14)3/h9-11H,4-6H2,1-3H3. The summed E-state index contributed by atoms with van der Waals surface area (Å²) >= 11 is 0. The molecule has 0 saturated heterocycles. The quantitative estimate of drug-likeness (QED) is 0.486. The first-order valence-electron chi connectivity index (χ1n) is 5.30. The van der Waals surface area contributed by atoms with Crippen molar-refractivity contribution in [3.63, 3.8) is 0 Å².